The maximum absolute atomic E-state index is 5.20. The van der Waals surface area contributed by atoms with Crippen LogP contribution in [0.2, 0.25) is 0 Å². The molecule has 0 aliphatic rings. The van der Waals surface area contributed by atoms with Crippen molar-refractivity contribution in [3.05, 3.63) is 42.0 Å². The lowest BCUT2D eigenvalue weighted by molar-refractivity contribution is 0.414. The van der Waals surface area contributed by atoms with Crippen molar-refractivity contribution < 1.29 is 4.74 Å². The number of hydrogen-bond acceptors (Lipinski definition) is 2. The lowest BCUT2D eigenvalue weighted by Gasteiger charge is -2.19. The fourth-order valence-corrected chi connectivity index (χ4v) is 1.67. The van der Waals surface area contributed by atoms with Gasteiger partial charge in [0.1, 0.15) is 5.75 Å². The third-order valence-corrected chi connectivity index (χ3v) is 2.62. The SMILES string of the molecule is COc1cccc(CC=CCCNC(C)(C)C)c1. The van der Waals surface area contributed by atoms with Crippen molar-refractivity contribution >= 4 is 0 Å². The standard InChI is InChI=1S/C16H25NO/c1-16(2,3)17-12-7-5-6-9-14-10-8-11-15(13-14)18-4/h5-6,8,10-11,13,17H,7,9,12H2,1-4H3. The van der Waals surface area contributed by atoms with E-state index in [0.29, 0.717) is 0 Å². The summed E-state index contributed by atoms with van der Waals surface area (Å²) in [5.41, 5.74) is 1.50. The molecule has 2 heteroatoms. The van der Waals surface area contributed by atoms with Crippen LogP contribution < -0.4 is 10.1 Å². The van der Waals surface area contributed by atoms with E-state index in [4.69, 9.17) is 4.74 Å². The summed E-state index contributed by atoms with van der Waals surface area (Å²) in [5, 5.41) is 3.47. The van der Waals surface area contributed by atoms with Crippen molar-refractivity contribution in [2.45, 2.75) is 39.2 Å². The average molecular weight is 247 g/mol. The molecule has 0 atom stereocenters. The molecule has 0 fully saturated rings. The largest absolute Gasteiger partial charge is 0.497 e. The van der Waals surface area contributed by atoms with Crippen LogP contribution in [0, 0.1) is 0 Å². The van der Waals surface area contributed by atoms with Crippen LogP contribution in [0.1, 0.15) is 32.8 Å². The van der Waals surface area contributed by atoms with Crippen LogP contribution in [0.15, 0.2) is 36.4 Å². The van der Waals surface area contributed by atoms with Crippen molar-refractivity contribution in [1.29, 1.82) is 0 Å². The molecule has 0 spiro atoms. The molecular formula is C16H25NO. The molecule has 0 saturated carbocycles. The summed E-state index contributed by atoms with van der Waals surface area (Å²) in [5.74, 6) is 0.926. The van der Waals surface area contributed by atoms with Crippen LogP contribution in [0.5, 0.6) is 5.75 Å². The first-order valence-corrected chi connectivity index (χ1v) is 6.54. The highest BCUT2D eigenvalue weighted by Crippen LogP contribution is 2.13. The van der Waals surface area contributed by atoms with Gasteiger partial charge in [-0.25, -0.2) is 0 Å². The first-order chi connectivity index (χ1) is 8.51. The van der Waals surface area contributed by atoms with E-state index in [0.717, 1.165) is 25.1 Å². The summed E-state index contributed by atoms with van der Waals surface area (Å²) >= 11 is 0. The number of nitrogens with one attached hydrogen (secondary N) is 1. The van der Waals surface area contributed by atoms with Crippen molar-refractivity contribution in [2.24, 2.45) is 0 Å². The summed E-state index contributed by atoms with van der Waals surface area (Å²) in [6, 6.07) is 8.21. The second-order valence-corrected chi connectivity index (χ2v) is 5.49. The van der Waals surface area contributed by atoms with Crippen LogP contribution in [0.25, 0.3) is 0 Å². The van der Waals surface area contributed by atoms with E-state index in [-0.39, 0.29) is 5.54 Å². The summed E-state index contributed by atoms with van der Waals surface area (Å²) in [6.07, 6.45) is 6.49. The highest BCUT2D eigenvalue weighted by Gasteiger charge is 2.06. The van der Waals surface area contributed by atoms with E-state index in [1.807, 2.05) is 12.1 Å². The average Bonchev–Trinajstić information content (AvgIpc) is 2.32. The molecular weight excluding hydrogens is 222 g/mol. The fourth-order valence-electron chi connectivity index (χ4n) is 1.67. The van der Waals surface area contributed by atoms with E-state index in [1.165, 1.54) is 5.56 Å². The number of allylic oxidation sites excluding steroid dienone is 1. The lowest BCUT2D eigenvalue weighted by atomic mass is 10.1. The molecule has 100 valence electrons. The van der Waals surface area contributed by atoms with Gasteiger partial charge in [-0.3, -0.25) is 0 Å². The number of methoxy groups -OCH3 is 1. The van der Waals surface area contributed by atoms with Gasteiger partial charge in [0, 0.05) is 5.54 Å². The van der Waals surface area contributed by atoms with Crippen molar-refractivity contribution in [3.8, 4) is 5.75 Å². The zero-order valence-electron chi connectivity index (χ0n) is 12.0. The Morgan fingerprint density at radius 2 is 2.00 bits per heavy atom. The highest BCUT2D eigenvalue weighted by atomic mass is 16.5. The third-order valence-electron chi connectivity index (χ3n) is 2.62. The Bertz CT molecular complexity index is 377. The molecule has 2 nitrogen and oxygen atoms in total. The smallest absolute Gasteiger partial charge is 0.119 e. The van der Waals surface area contributed by atoms with Crippen LogP contribution >= 0.6 is 0 Å². The van der Waals surface area contributed by atoms with Gasteiger partial charge in [0.05, 0.1) is 7.11 Å². The third kappa shape index (κ3) is 6.45. The summed E-state index contributed by atoms with van der Waals surface area (Å²) in [6.45, 7) is 7.59. The van der Waals surface area contributed by atoms with Crippen LogP contribution in [-0.4, -0.2) is 19.2 Å². The summed E-state index contributed by atoms with van der Waals surface area (Å²) in [4.78, 5) is 0. The van der Waals surface area contributed by atoms with E-state index >= 15 is 0 Å². The second kappa shape index (κ2) is 7.22. The van der Waals surface area contributed by atoms with Gasteiger partial charge in [0.15, 0.2) is 0 Å². The Morgan fingerprint density at radius 1 is 1.22 bits per heavy atom. The maximum Gasteiger partial charge on any atom is 0.119 e. The zero-order chi connectivity index (χ0) is 13.4. The molecule has 0 heterocycles. The van der Waals surface area contributed by atoms with Crippen LogP contribution in [0.3, 0.4) is 0 Å². The van der Waals surface area contributed by atoms with Crippen molar-refractivity contribution in [1.82, 2.24) is 5.32 Å². The Labute approximate surface area is 111 Å². The van der Waals surface area contributed by atoms with E-state index in [2.05, 4.69) is 50.4 Å². The van der Waals surface area contributed by atoms with Gasteiger partial charge < -0.3 is 10.1 Å². The normalized spacial score (nSPS) is 12.0. The highest BCUT2D eigenvalue weighted by molar-refractivity contribution is 5.29. The minimum Gasteiger partial charge on any atom is -0.497 e. The van der Waals surface area contributed by atoms with E-state index < -0.39 is 0 Å². The van der Waals surface area contributed by atoms with Gasteiger partial charge in [-0.1, -0.05) is 24.3 Å². The molecule has 0 unspecified atom stereocenters. The molecule has 1 aromatic carbocycles. The molecule has 0 saturated heterocycles. The summed E-state index contributed by atoms with van der Waals surface area (Å²) < 4.78 is 5.20. The predicted molar refractivity (Wildman–Crippen MR) is 78.2 cm³/mol. The van der Waals surface area contributed by atoms with Gasteiger partial charge >= 0.3 is 0 Å². The lowest BCUT2D eigenvalue weighted by Crippen LogP contribution is -2.36. The number of ether oxygens (including phenoxy) is 1. The molecule has 1 rings (SSSR count). The minimum absolute atomic E-state index is 0.209. The van der Waals surface area contributed by atoms with Gasteiger partial charge in [0.2, 0.25) is 0 Å². The molecule has 0 aliphatic heterocycles. The molecule has 1 aromatic rings. The number of benzene rings is 1. The topological polar surface area (TPSA) is 21.3 Å². The van der Waals surface area contributed by atoms with Crippen molar-refractivity contribution in [2.75, 3.05) is 13.7 Å². The van der Waals surface area contributed by atoms with Crippen LogP contribution in [-0.2, 0) is 6.42 Å². The van der Waals surface area contributed by atoms with Gasteiger partial charge in [-0.2, -0.15) is 0 Å². The minimum atomic E-state index is 0.209. The predicted octanol–water partition coefficient (Wildman–Crippen LogP) is 3.57. The Morgan fingerprint density at radius 3 is 2.67 bits per heavy atom. The molecule has 0 aliphatic carbocycles. The first kappa shape index (κ1) is 14.8. The molecule has 1 N–H and O–H groups in total. The first-order valence-electron chi connectivity index (χ1n) is 6.54. The van der Waals surface area contributed by atoms with E-state index in [1.54, 1.807) is 7.11 Å². The maximum atomic E-state index is 5.20. The number of hydrogen-bond donors (Lipinski definition) is 1. The van der Waals surface area contributed by atoms with Gasteiger partial charge in [-0.15, -0.1) is 0 Å². The Balaban J connectivity index is 2.27. The quantitative estimate of drug-likeness (QED) is 0.613. The van der Waals surface area contributed by atoms with Crippen molar-refractivity contribution in [3.63, 3.8) is 0 Å². The molecule has 0 bridgehead atoms. The molecule has 0 radical (unpaired) electrons. The van der Waals surface area contributed by atoms with Gasteiger partial charge in [0.25, 0.3) is 0 Å². The number of rotatable bonds is 6. The van der Waals surface area contributed by atoms with E-state index in [9.17, 15) is 0 Å². The molecule has 18 heavy (non-hydrogen) atoms. The zero-order valence-corrected chi connectivity index (χ0v) is 12.0. The molecule has 0 amide bonds. The Hall–Kier alpha value is -1.28. The van der Waals surface area contributed by atoms with Gasteiger partial charge in [-0.05, 0) is 57.9 Å². The fraction of sp³-hybridized carbons (Fsp3) is 0.500. The molecule has 0 aromatic heterocycles. The summed E-state index contributed by atoms with van der Waals surface area (Å²) in [7, 11) is 1.70. The Kier molecular flexibility index (Phi) is 5.93. The monoisotopic (exact) mass is 247 g/mol. The van der Waals surface area contributed by atoms with Crippen LogP contribution in [0.4, 0.5) is 0 Å². The second-order valence-electron chi connectivity index (χ2n) is 5.49.